The van der Waals surface area contributed by atoms with Crippen molar-refractivity contribution in [1.82, 2.24) is 19.6 Å². The van der Waals surface area contributed by atoms with Crippen LogP contribution in [0.2, 0.25) is 60.3 Å². The van der Waals surface area contributed by atoms with Crippen molar-refractivity contribution in [3.05, 3.63) is 252 Å². The summed E-state index contributed by atoms with van der Waals surface area (Å²) in [4.78, 5) is 20.6. The molecule has 9 fully saturated rings. The van der Waals surface area contributed by atoms with E-state index >= 15 is 0 Å². The van der Waals surface area contributed by atoms with Gasteiger partial charge in [-0.25, -0.2) is 0 Å². The molecule has 0 N–H and O–H groups in total. The van der Waals surface area contributed by atoms with Crippen LogP contribution in [0.3, 0.4) is 0 Å². The molecule has 8 aromatic carbocycles. The average Bonchev–Trinajstić information content (AvgIpc) is 1.23. The van der Waals surface area contributed by atoms with Crippen LogP contribution in [0, 0.1) is 23.7 Å². The fourth-order valence-electron chi connectivity index (χ4n) is 19.5. The molecular formula is C90H102Cl12N8S. The zero-order chi connectivity index (χ0) is 77.4. The van der Waals surface area contributed by atoms with Gasteiger partial charge in [-0.05, 0) is 249 Å². The summed E-state index contributed by atoms with van der Waals surface area (Å²) < 4.78 is 0. The van der Waals surface area contributed by atoms with Gasteiger partial charge in [-0.3, -0.25) is 19.6 Å². The molecule has 17 rings (SSSR count). The topological polar surface area (TPSA) is 25.9 Å². The maximum Gasteiger partial charge on any atom is 0.0670 e. The molecular weight excluding hydrogens is 1650 g/mol. The second-order valence-electron chi connectivity index (χ2n) is 32.3. The predicted octanol–water partition coefficient (Wildman–Crippen LogP) is 27.3. The van der Waals surface area contributed by atoms with E-state index in [-0.39, 0.29) is 24.2 Å². The number of rotatable bonds is 12. The minimum atomic E-state index is 0.252. The Morgan fingerprint density at radius 1 is 0.279 bits per heavy atom. The third kappa shape index (κ3) is 21.4. The molecule has 8 aromatic rings. The van der Waals surface area contributed by atoms with E-state index in [9.17, 15) is 0 Å². The molecule has 4 saturated carbocycles. The van der Waals surface area contributed by atoms with Crippen LogP contribution in [0.25, 0.3) is 0 Å². The average molecular weight is 1750 g/mol. The number of halogens is 12. The third-order valence-corrected chi connectivity index (χ3v) is 29.6. The first kappa shape index (κ1) is 84.1. The third-order valence-electron chi connectivity index (χ3n) is 25.3. The molecule has 9 aliphatic rings. The van der Waals surface area contributed by atoms with Crippen LogP contribution in [-0.4, -0.2) is 134 Å². The van der Waals surface area contributed by atoms with E-state index in [1.165, 1.54) is 124 Å². The molecule has 21 heteroatoms. The first-order chi connectivity index (χ1) is 53.7. The molecule has 4 aliphatic carbocycles. The largest absolute Gasteiger partial charge is 0.361 e. The fourth-order valence-corrected chi connectivity index (χ4v) is 23.1. The van der Waals surface area contributed by atoms with Gasteiger partial charge in [0.15, 0.2) is 0 Å². The van der Waals surface area contributed by atoms with Gasteiger partial charge in [-0.1, -0.05) is 221 Å². The van der Waals surface area contributed by atoms with Gasteiger partial charge in [-0.2, -0.15) is 11.8 Å². The second-order valence-corrected chi connectivity index (χ2v) is 38.7. The Hall–Kier alpha value is -3.37. The molecule has 592 valence electrons. The van der Waals surface area contributed by atoms with Crippen molar-refractivity contribution in [1.29, 1.82) is 0 Å². The number of piperazine rings is 4. The lowest BCUT2D eigenvalue weighted by atomic mass is 9.85. The fraction of sp³-hybridized carbons (Fsp3) is 0.467. The van der Waals surface area contributed by atoms with Crippen LogP contribution in [-0.2, 0) is 0 Å². The van der Waals surface area contributed by atoms with Gasteiger partial charge in [0.2, 0.25) is 0 Å². The van der Waals surface area contributed by atoms with Crippen molar-refractivity contribution in [2.24, 2.45) is 23.7 Å². The van der Waals surface area contributed by atoms with E-state index in [1.54, 1.807) is 0 Å². The molecule has 0 amide bonds. The van der Waals surface area contributed by atoms with Gasteiger partial charge in [0.1, 0.15) is 0 Å². The van der Waals surface area contributed by atoms with E-state index in [4.69, 9.17) is 139 Å². The number of nitrogens with zero attached hydrogens (tertiary/aromatic N) is 8. The van der Waals surface area contributed by atoms with Crippen molar-refractivity contribution in [2.75, 3.05) is 110 Å². The Morgan fingerprint density at radius 2 is 0.604 bits per heavy atom. The molecule has 5 heterocycles. The number of fused-ring (bicyclic) bond motifs is 2. The summed E-state index contributed by atoms with van der Waals surface area (Å²) in [6.07, 6.45) is 19.0. The molecule has 8 nitrogen and oxygen atoms in total. The summed E-state index contributed by atoms with van der Waals surface area (Å²) in [5, 5.41) is 8.65. The second kappa shape index (κ2) is 39.5. The Balaban J connectivity index is 0.000000123. The summed E-state index contributed by atoms with van der Waals surface area (Å²) in [5.41, 5.74) is 9.38. The summed E-state index contributed by atoms with van der Waals surface area (Å²) >= 11 is 77.6. The van der Waals surface area contributed by atoms with E-state index in [0.717, 1.165) is 156 Å². The summed E-state index contributed by atoms with van der Waals surface area (Å²) in [6, 6.07) is 60.3. The maximum atomic E-state index is 6.59. The maximum absolute atomic E-state index is 6.59. The van der Waals surface area contributed by atoms with Crippen LogP contribution in [0.5, 0.6) is 0 Å². The Labute approximate surface area is 724 Å². The summed E-state index contributed by atoms with van der Waals surface area (Å²) in [5.74, 6) is 6.13. The van der Waals surface area contributed by atoms with Gasteiger partial charge in [0, 0.05) is 143 Å². The van der Waals surface area contributed by atoms with Gasteiger partial charge >= 0.3 is 0 Å². The highest BCUT2D eigenvalue weighted by molar-refractivity contribution is 7.99. The number of thioether (sulfide) groups is 1. The predicted molar refractivity (Wildman–Crippen MR) is 481 cm³/mol. The van der Waals surface area contributed by atoms with Gasteiger partial charge in [-0.15, -0.1) is 0 Å². The molecule has 0 radical (unpaired) electrons. The lowest BCUT2D eigenvalue weighted by Gasteiger charge is -2.47. The number of hydrogen-bond acceptors (Lipinski definition) is 9. The zero-order valence-electron chi connectivity index (χ0n) is 63.4. The van der Waals surface area contributed by atoms with Crippen LogP contribution in [0.15, 0.2) is 170 Å². The lowest BCUT2D eigenvalue weighted by Crippen LogP contribution is -2.53. The molecule has 9 atom stereocenters. The first-order valence-electron chi connectivity index (χ1n) is 40.1. The monoisotopic (exact) mass is 1750 g/mol. The lowest BCUT2D eigenvalue weighted by molar-refractivity contribution is 0.111. The van der Waals surface area contributed by atoms with Crippen molar-refractivity contribution >= 4 is 174 Å². The molecule has 5 aliphatic heterocycles. The number of hydrogen-bond donors (Lipinski definition) is 0. The van der Waals surface area contributed by atoms with Crippen LogP contribution >= 0.6 is 151 Å². The van der Waals surface area contributed by atoms with Crippen molar-refractivity contribution in [2.45, 2.75) is 152 Å². The quantitative estimate of drug-likeness (QED) is 0.119. The summed E-state index contributed by atoms with van der Waals surface area (Å²) in [6.45, 7) is 17.0. The van der Waals surface area contributed by atoms with E-state index < -0.39 is 0 Å². The molecule has 0 spiro atoms. The number of anilines is 4. The standard InChI is InChI=1S/C23H25Cl3N2.2C23H27Cl3N2.C21H23Cl3N2S/c24-18-5-3-16(4-6-18)23-14-27(22-12-15-1-2-17(22)11-15)9-10-28(23)21-8-7-19(25)13-20(21)26;1-16-2-9-20(10-3-16)27-12-13-28(22-11-8-19(25)14-21(22)26)23(15-27)17-4-6-18(24)7-5-17;1-16-3-2-4-20(13-16)27-11-12-28(22-10-9-19(25)14-21(22)26)23(15-27)17-5-7-18(24)8-6-17;22-16-3-1-15(2-4-16)21-14-25(18-7-11-27-12-8-18)9-10-26(21)20-6-5-17(23)13-19(20)24/h3-8,13,15,17,22-23H,1-2,9-12,14H2;4-8,11,14,16,20,23H,2-3,9-10,12-13,15H2,1H3;5-10,14,16,20,23H,2-4,11-13,15H2,1H3;1-6,13,18,21H,7-12,14H2. The SMILES string of the molecule is CC1CCC(N2CCN(c3ccc(Cl)cc3Cl)C(c3ccc(Cl)cc3)C2)CC1.CC1CCCC(N2CCN(c3ccc(Cl)cc3Cl)C(c3ccc(Cl)cc3)C2)C1.Clc1ccc(C2CN(C3CC4CCC3C4)CCN2c2ccc(Cl)cc2Cl)cc1.Clc1ccc(C2CN(C3CCSCC3)CCN2c2ccc(Cl)cc2Cl)cc1. The van der Waals surface area contributed by atoms with E-state index in [0.29, 0.717) is 53.3 Å². The minimum absolute atomic E-state index is 0.252. The van der Waals surface area contributed by atoms with E-state index in [1.807, 2.05) is 115 Å². The first-order valence-corrected chi connectivity index (χ1v) is 45.8. The number of benzene rings is 8. The van der Waals surface area contributed by atoms with Crippen molar-refractivity contribution < 1.29 is 0 Å². The van der Waals surface area contributed by atoms with E-state index in [2.05, 4.69) is 119 Å². The molecule has 111 heavy (non-hydrogen) atoms. The van der Waals surface area contributed by atoms with Gasteiger partial charge < -0.3 is 19.6 Å². The normalized spacial score (nSPS) is 26.3. The van der Waals surface area contributed by atoms with Crippen molar-refractivity contribution in [3.63, 3.8) is 0 Å². The molecule has 0 aromatic heterocycles. The Bertz CT molecular complexity index is 4340. The van der Waals surface area contributed by atoms with Gasteiger partial charge in [0.25, 0.3) is 0 Å². The molecule has 5 saturated heterocycles. The highest BCUT2D eigenvalue weighted by atomic mass is 35.5. The van der Waals surface area contributed by atoms with Crippen LogP contribution in [0.1, 0.15) is 150 Å². The highest BCUT2D eigenvalue weighted by Gasteiger charge is 2.45. The zero-order valence-corrected chi connectivity index (χ0v) is 73.3. The van der Waals surface area contributed by atoms with Crippen molar-refractivity contribution in [3.8, 4) is 0 Å². The Morgan fingerprint density at radius 3 is 0.928 bits per heavy atom. The summed E-state index contributed by atoms with van der Waals surface area (Å²) in [7, 11) is 0. The van der Waals surface area contributed by atoms with Gasteiger partial charge in [0.05, 0.1) is 67.0 Å². The van der Waals surface area contributed by atoms with Crippen LogP contribution < -0.4 is 19.6 Å². The highest BCUT2D eigenvalue weighted by Crippen LogP contribution is 2.50. The Kier molecular flexibility index (Phi) is 29.9. The van der Waals surface area contributed by atoms with Crippen LogP contribution in [0.4, 0.5) is 22.7 Å². The molecule has 9 unspecified atom stereocenters. The smallest absolute Gasteiger partial charge is 0.0670 e. The molecule has 2 bridgehead atoms. The minimum Gasteiger partial charge on any atom is -0.361 e.